The molecule has 0 aliphatic rings. The highest BCUT2D eigenvalue weighted by molar-refractivity contribution is 5.66. The number of hydrogen-bond donors (Lipinski definition) is 1. The van der Waals surface area contributed by atoms with Crippen LogP contribution in [0.5, 0.6) is 0 Å². The summed E-state index contributed by atoms with van der Waals surface area (Å²) in [6.45, 7) is 7.36. The lowest BCUT2D eigenvalue weighted by atomic mass is 10.2. The minimum Gasteiger partial charge on any atom is -0.372 e. The average molecular weight is 290 g/mol. The number of nitrogens with one attached hydrogen (secondary N) is 1. The molecule has 0 aromatic carbocycles. The van der Waals surface area contributed by atoms with Crippen LogP contribution in [-0.2, 0) is 0 Å². The van der Waals surface area contributed by atoms with Gasteiger partial charge < -0.3 is 19.5 Å². The van der Waals surface area contributed by atoms with Gasteiger partial charge >= 0.3 is 0 Å². The first-order valence-corrected chi connectivity index (χ1v) is 7.42. The number of likely N-dealkylation sites (N-methyl/N-ethyl adjacent to an activating group) is 1. The molecule has 0 saturated carbocycles. The Labute approximate surface area is 126 Å². The third kappa shape index (κ3) is 3.85. The Morgan fingerprint density at radius 3 is 2.67 bits per heavy atom. The van der Waals surface area contributed by atoms with E-state index in [0.29, 0.717) is 5.92 Å². The molecule has 2 heterocycles. The van der Waals surface area contributed by atoms with Crippen LogP contribution in [-0.4, -0.2) is 60.0 Å². The van der Waals surface area contributed by atoms with Crippen LogP contribution >= 0.6 is 0 Å². The first kappa shape index (κ1) is 15.6. The molecule has 0 unspecified atom stereocenters. The quantitative estimate of drug-likeness (QED) is 0.842. The summed E-state index contributed by atoms with van der Waals surface area (Å²) in [5.74, 6) is 2.37. The van der Waals surface area contributed by atoms with Crippen molar-refractivity contribution in [2.45, 2.75) is 13.8 Å². The summed E-state index contributed by atoms with van der Waals surface area (Å²) in [6, 6.07) is 0. The number of nitrogens with zero attached hydrogens (tertiary/aromatic N) is 5. The van der Waals surface area contributed by atoms with Gasteiger partial charge in [0.15, 0.2) is 11.5 Å². The molecule has 0 atom stereocenters. The second-order valence-electron chi connectivity index (χ2n) is 6.00. The van der Waals surface area contributed by atoms with E-state index in [9.17, 15) is 0 Å². The standard InChI is InChI=1S/C15H26N6/c1-12(2)10-21(9-8-19(4)5)15-14-17-6-7-20(14)11-13(16-3)18-15/h6-7,11-12,16H,8-10H2,1-5H3. The van der Waals surface area contributed by atoms with Crippen LogP contribution < -0.4 is 10.2 Å². The fraction of sp³-hybridized carbons (Fsp3) is 0.600. The number of anilines is 2. The van der Waals surface area contributed by atoms with Gasteiger partial charge in [-0.3, -0.25) is 0 Å². The molecule has 0 aliphatic heterocycles. The zero-order chi connectivity index (χ0) is 15.4. The van der Waals surface area contributed by atoms with Gasteiger partial charge in [0.2, 0.25) is 0 Å². The number of fused-ring (bicyclic) bond motifs is 1. The van der Waals surface area contributed by atoms with Gasteiger partial charge in [-0.1, -0.05) is 13.8 Å². The van der Waals surface area contributed by atoms with Crippen molar-refractivity contribution in [3.8, 4) is 0 Å². The van der Waals surface area contributed by atoms with Gasteiger partial charge in [0.25, 0.3) is 0 Å². The molecule has 0 spiro atoms. The predicted molar refractivity (Wildman–Crippen MR) is 88.1 cm³/mol. The molecule has 0 bridgehead atoms. The Morgan fingerprint density at radius 1 is 1.29 bits per heavy atom. The molecule has 2 aromatic heterocycles. The summed E-state index contributed by atoms with van der Waals surface area (Å²) < 4.78 is 2.02. The van der Waals surface area contributed by atoms with Crippen molar-refractivity contribution in [2.24, 2.45) is 5.92 Å². The predicted octanol–water partition coefficient (Wildman–Crippen LogP) is 1.79. The normalized spacial score (nSPS) is 11.6. The Balaban J connectivity index is 2.39. The minimum absolute atomic E-state index is 0.571. The fourth-order valence-corrected chi connectivity index (χ4v) is 2.29. The molecule has 2 rings (SSSR count). The molecule has 2 aromatic rings. The van der Waals surface area contributed by atoms with Crippen molar-refractivity contribution in [1.29, 1.82) is 0 Å². The van der Waals surface area contributed by atoms with Crippen molar-refractivity contribution in [3.05, 3.63) is 18.6 Å². The van der Waals surface area contributed by atoms with E-state index in [1.54, 1.807) is 0 Å². The maximum absolute atomic E-state index is 4.74. The highest BCUT2D eigenvalue weighted by Crippen LogP contribution is 2.21. The molecule has 116 valence electrons. The zero-order valence-electron chi connectivity index (χ0n) is 13.7. The topological polar surface area (TPSA) is 48.7 Å². The van der Waals surface area contributed by atoms with Crippen molar-refractivity contribution in [2.75, 3.05) is 51.0 Å². The molecule has 0 radical (unpaired) electrons. The summed E-state index contributed by atoms with van der Waals surface area (Å²) in [7, 11) is 6.08. The van der Waals surface area contributed by atoms with Crippen LogP contribution in [0.25, 0.3) is 5.65 Å². The molecular weight excluding hydrogens is 264 g/mol. The largest absolute Gasteiger partial charge is 0.372 e. The van der Waals surface area contributed by atoms with Crippen LogP contribution in [0.15, 0.2) is 18.6 Å². The first-order chi connectivity index (χ1) is 10.0. The summed E-state index contributed by atoms with van der Waals surface area (Å²) in [5.41, 5.74) is 0.911. The molecule has 21 heavy (non-hydrogen) atoms. The Morgan fingerprint density at radius 2 is 2.05 bits per heavy atom. The SMILES string of the molecule is CNc1cn2ccnc2c(N(CCN(C)C)CC(C)C)n1. The molecule has 0 fully saturated rings. The van der Waals surface area contributed by atoms with Gasteiger partial charge in [0.05, 0.1) is 6.20 Å². The van der Waals surface area contributed by atoms with Gasteiger partial charge in [0, 0.05) is 39.1 Å². The van der Waals surface area contributed by atoms with Crippen molar-refractivity contribution in [3.63, 3.8) is 0 Å². The van der Waals surface area contributed by atoms with Gasteiger partial charge in [-0.25, -0.2) is 9.97 Å². The van der Waals surface area contributed by atoms with Crippen molar-refractivity contribution in [1.82, 2.24) is 19.3 Å². The first-order valence-electron chi connectivity index (χ1n) is 7.42. The molecule has 1 N–H and O–H groups in total. The Kier molecular flexibility index (Phi) is 5.01. The van der Waals surface area contributed by atoms with Gasteiger partial charge in [-0.2, -0.15) is 0 Å². The van der Waals surface area contributed by atoms with Crippen LogP contribution in [0.3, 0.4) is 0 Å². The van der Waals surface area contributed by atoms with Crippen molar-refractivity contribution < 1.29 is 0 Å². The summed E-state index contributed by atoms with van der Waals surface area (Å²) in [6.07, 6.45) is 5.74. The lowest BCUT2D eigenvalue weighted by molar-refractivity contribution is 0.408. The molecule has 0 aliphatic carbocycles. The minimum atomic E-state index is 0.571. The second kappa shape index (κ2) is 6.76. The summed E-state index contributed by atoms with van der Waals surface area (Å²) in [5, 5.41) is 3.13. The molecule has 0 saturated heterocycles. The monoisotopic (exact) mass is 290 g/mol. The third-order valence-electron chi connectivity index (χ3n) is 3.31. The lowest BCUT2D eigenvalue weighted by Crippen LogP contribution is -2.35. The maximum atomic E-state index is 4.74. The van der Waals surface area contributed by atoms with Crippen LogP contribution in [0.1, 0.15) is 13.8 Å². The second-order valence-corrected chi connectivity index (χ2v) is 6.00. The molecule has 6 heteroatoms. The molecule has 0 amide bonds. The van der Waals surface area contributed by atoms with Crippen LogP contribution in [0.2, 0.25) is 0 Å². The van der Waals surface area contributed by atoms with Gasteiger partial charge in [-0.05, 0) is 20.0 Å². The summed E-state index contributed by atoms with van der Waals surface area (Å²) in [4.78, 5) is 13.7. The van der Waals surface area contributed by atoms with E-state index >= 15 is 0 Å². The lowest BCUT2D eigenvalue weighted by Gasteiger charge is -2.27. The number of hydrogen-bond acceptors (Lipinski definition) is 5. The number of imidazole rings is 1. The zero-order valence-corrected chi connectivity index (χ0v) is 13.7. The summed E-state index contributed by atoms with van der Waals surface area (Å²) >= 11 is 0. The Hall–Kier alpha value is -1.82. The van der Waals surface area contributed by atoms with E-state index in [-0.39, 0.29) is 0 Å². The fourth-order valence-electron chi connectivity index (χ4n) is 2.29. The third-order valence-corrected chi connectivity index (χ3v) is 3.31. The van der Waals surface area contributed by atoms with Crippen LogP contribution in [0, 0.1) is 5.92 Å². The van der Waals surface area contributed by atoms with E-state index < -0.39 is 0 Å². The number of aromatic nitrogens is 3. The molecular formula is C15H26N6. The van der Waals surface area contributed by atoms with E-state index in [1.807, 2.05) is 30.0 Å². The van der Waals surface area contributed by atoms with E-state index in [0.717, 1.165) is 36.9 Å². The van der Waals surface area contributed by atoms with Crippen LogP contribution in [0.4, 0.5) is 11.6 Å². The highest BCUT2D eigenvalue weighted by Gasteiger charge is 2.16. The maximum Gasteiger partial charge on any atom is 0.180 e. The Bertz CT molecular complexity index is 575. The van der Waals surface area contributed by atoms with E-state index in [1.165, 1.54) is 0 Å². The van der Waals surface area contributed by atoms with E-state index in [4.69, 9.17) is 4.98 Å². The van der Waals surface area contributed by atoms with Crippen molar-refractivity contribution >= 4 is 17.3 Å². The molecule has 6 nitrogen and oxygen atoms in total. The van der Waals surface area contributed by atoms with Gasteiger partial charge in [-0.15, -0.1) is 0 Å². The average Bonchev–Trinajstić information content (AvgIpc) is 2.90. The van der Waals surface area contributed by atoms with Gasteiger partial charge in [0.1, 0.15) is 5.82 Å². The highest BCUT2D eigenvalue weighted by atomic mass is 15.3. The number of rotatable bonds is 7. The van der Waals surface area contributed by atoms with E-state index in [2.05, 4.69) is 48.0 Å². The smallest absolute Gasteiger partial charge is 0.180 e.